The van der Waals surface area contributed by atoms with Crippen molar-refractivity contribution in [2.24, 2.45) is 5.92 Å². The molecule has 0 aliphatic carbocycles. The molecule has 0 unspecified atom stereocenters. The summed E-state index contributed by atoms with van der Waals surface area (Å²) in [4.78, 5) is 13.3. The van der Waals surface area contributed by atoms with Crippen molar-refractivity contribution in [1.29, 1.82) is 0 Å². The van der Waals surface area contributed by atoms with Gasteiger partial charge in [-0.3, -0.25) is 4.79 Å². The van der Waals surface area contributed by atoms with Crippen molar-refractivity contribution in [1.82, 2.24) is 10.0 Å². The Morgan fingerprint density at radius 1 is 1.09 bits per heavy atom. The molecule has 0 saturated carbocycles. The summed E-state index contributed by atoms with van der Waals surface area (Å²) in [6, 6.07) is 6.40. The molecule has 3 rings (SSSR count). The van der Waals surface area contributed by atoms with Gasteiger partial charge in [-0.1, -0.05) is 12.1 Å². The topological polar surface area (TPSA) is 84.5 Å². The van der Waals surface area contributed by atoms with Crippen LogP contribution in [0.2, 0.25) is 0 Å². The average Bonchev–Trinajstić information content (AvgIpc) is 3.22. The highest BCUT2D eigenvalue weighted by Crippen LogP contribution is 2.34. The fourth-order valence-corrected chi connectivity index (χ4v) is 6.13. The Morgan fingerprint density at radius 2 is 1.70 bits per heavy atom. The molecular weight excluding hydrogens is 477 g/mol. The monoisotopic (exact) mass is 504 g/mol. The number of alkyl halides is 3. The molecule has 182 valence electrons. The van der Waals surface area contributed by atoms with Crippen LogP contribution in [0.15, 0.2) is 40.6 Å². The van der Waals surface area contributed by atoms with E-state index >= 15 is 0 Å². The van der Waals surface area contributed by atoms with Gasteiger partial charge in [0, 0.05) is 4.88 Å². The van der Waals surface area contributed by atoms with Crippen molar-refractivity contribution in [3.63, 3.8) is 0 Å². The van der Waals surface area contributed by atoms with Gasteiger partial charge in [0.05, 0.1) is 5.56 Å². The van der Waals surface area contributed by atoms with E-state index in [1.165, 1.54) is 24.3 Å². The Morgan fingerprint density at radius 3 is 2.24 bits per heavy atom. The van der Waals surface area contributed by atoms with Crippen LogP contribution in [0.25, 0.3) is 10.4 Å². The molecule has 11 heteroatoms. The molecule has 1 aromatic heterocycles. The number of rotatable bonds is 6. The molecule has 2 N–H and O–H groups in total. The highest BCUT2D eigenvalue weighted by molar-refractivity contribution is 7.91. The first kappa shape index (κ1) is 25.7. The summed E-state index contributed by atoms with van der Waals surface area (Å²) in [7, 11) is -4.06. The number of sulfonamides is 1. The normalized spacial score (nSPS) is 17.0. The van der Waals surface area contributed by atoms with E-state index in [0.717, 1.165) is 23.5 Å². The van der Waals surface area contributed by atoms with Crippen LogP contribution in [-0.4, -0.2) is 39.1 Å². The molecule has 2 heterocycles. The zero-order chi connectivity index (χ0) is 24.4. The van der Waals surface area contributed by atoms with Crippen molar-refractivity contribution >= 4 is 27.3 Å². The second-order valence-electron chi connectivity index (χ2n) is 8.91. The molecule has 0 radical (unpaired) electrons. The van der Waals surface area contributed by atoms with Gasteiger partial charge in [0.2, 0.25) is 0 Å². The van der Waals surface area contributed by atoms with Crippen molar-refractivity contribution in [2.75, 3.05) is 13.1 Å². The summed E-state index contributed by atoms with van der Waals surface area (Å²) in [5.74, 6) is -0.845. The molecule has 1 saturated heterocycles. The highest BCUT2D eigenvalue weighted by Gasteiger charge is 2.37. The Balaban J connectivity index is 1.83. The summed E-state index contributed by atoms with van der Waals surface area (Å²) in [6.07, 6.45) is -3.21. The third-order valence-corrected chi connectivity index (χ3v) is 8.21. The van der Waals surface area contributed by atoms with Crippen LogP contribution in [0.5, 0.6) is 0 Å². The van der Waals surface area contributed by atoms with Crippen molar-refractivity contribution in [3.8, 4) is 10.4 Å². The number of nitrogens with one attached hydrogen (secondary N) is 2. The third-order valence-electron chi connectivity index (χ3n) is 5.14. The zero-order valence-corrected chi connectivity index (χ0v) is 20.2. The lowest BCUT2D eigenvalue weighted by atomic mass is 9.91. The van der Waals surface area contributed by atoms with E-state index in [4.69, 9.17) is 4.74 Å². The maximum atomic E-state index is 13.1. The second-order valence-corrected chi connectivity index (χ2v) is 11.9. The fraction of sp³-hybridized carbons (Fsp3) is 0.500. The Bertz CT molecular complexity index is 1070. The number of hydrogen-bond donors (Lipinski definition) is 2. The molecule has 0 amide bonds. The summed E-state index contributed by atoms with van der Waals surface area (Å²) in [5.41, 5.74) is -1.08. The van der Waals surface area contributed by atoms with Crippen molar-refractivity contribution in [3.05, 3.63) is 42.0 Å². The quantitative estimate of drug-likeness (QED) is 0.569. The minimum absolute atomic E-state index is 0.0279. The van der Waals surface area contributed by atoms with Gasteiger partial charge in [0.15, 0.2) is 0 Å². The summed E-state index contributed by atoms with van der Waals surface area (Å²) >= 11 is 0.924. The lowest BCUT2D eigenvalue weighted by Gasteiger charge is -2.31. The minimum atomic E-state index is -4.45. The van der Waals surface area contributed by atoms with Crippen LogP contribution in [-0.2, 0) is 25.7 Å². The molecule has 2 aromatic rings. The molecule has 0 spiro atoms. The van der Waals surface area contributed by atoms with Gasteiger partial charge in [-0.25, -0.2) is 8.42 Å². The van der Waals surface area contributed by atoms with Crippen LogP contribution in [0.1, 0.15) is 39.2 Å². The summed E-state index contributed by atoms with van der Waals surface area (Å²) in [6.45, 7) is 6.49. The predicted molar refractivity (Wildman–Crippen MR) is 120 cm³/mol. The van der Waals surface area contributed by atoms with Crippen molar-refractivity contribution < 1.29 is 31.1 Å². The largest absolute Gasteiger partial charge is 0.459 e. The first-order valence-corrected chi connectivity index (χ1v) is 12.8. The number of piperidine rings is 1. The summed E-state index contributed by atoms with van der Waals surface area (Å²) < 4.78 is 72.6. The number of hydrogen-bond acceptors (Lipinski definition) is 6. The van der Waals surface area contributed by atoms with E-state index in [-0.39, 0.29) is 10.1 Å². The van der Waals surface area contributed by atoms with E-state index in [2.05, 4.69) is 10.0 Å². The van der Waals surface area contributed by atoms with Crippen LogP contribution in [0, 0.1) is 5.92 Å². The first-order valence-electron chi connectivity index (χ1n) is 10.5. The second kappa shape index (κ2) is 9.73. The van der Waals surface area contributed by atoms with Gasteiger partial charge in [0.25, 0.3) is 10.0 Å². The lowest BCUT2D eigenvalue weighted by Crippen LogP contribution is -2.50. The lowest BCUT2D eigenvalue weighted by molar-refractivity contribution is -0.158. The molecule has 6 nitrogen and oxygen atoms in total. The zero-order valence-electron chi connectivity index (χ0n) is 18.5. The Hall–Kier alpha value is -1.95. The van der Waals surface area contributed by atoms with Gasteiger partial charge < -0.3 is 10.1 Å². The van der Waals surface area contributed by atoms with E-state index in [9.17, 15) is 26.4 Å². The van der Waals surface area contributed by atoms with E-state index in [1.807, 2.05) is 0 Å². The van der Waals surface area contributed by atoms with E-state index in [1.54, 1.807) is 20.8 Å². The highest BCUT2D eigenvalue weighted by atomic mass is 32.2. The third kappa shape index (κ3) is 6.78. The Labute approximate surface area is 195 Å². The number of ether oxygens (including phenoxy) is 1. The van der Waals surface area contributed by atoms with Gasteiger partial charge >= 0.3 is 12.1 Å². The molecule has 1 fully saturated rings. The maximum Gasteiger partial charge on any atom is 0.416 e. The Kier molecular flexibility index (Phi) is 7.57. The molecule has 1 aromatic carbocycles. The molecule has 1 atom stereocenters. The molecule has 0 bridgehead atoms. The van der Waals surface area contributed by atoms with Gasteiger partial charge in [-0.15, -0.1) is 11.3 Å². The first-order chi connectivity index (χ1) is 15.3. The smallest absolute Gasteiger partial charge is 0.416 e. The number of carbonyl (C=O) groups is 1. The standard InChI is InChI=1S/C22H27F3N2O4S2/c1-21(2,3)31-20(28)19(15-10-12-26-13-11-15)27-33(29,30)18-9-8-17(32-18)14-4-6-16(7-5-14)22(23,24)25/h4-9,15,19,26-27H,10-13H2,1-3H3/t19-/m1/s1. The fourth-order valence-electron chi connectivity index (χ4n) is 3.55. The van der Waals surface area contributed by atoms with Crippen molar-refractivity contribution in [2.45, 2.75) is 55.6 Å². The molecule has 1 aliphatic heterocycles. The van der Waals surface area contributed by atoms with E-state index in [0.29, 0.717) is 36.4 Å². The SMILES string of the molecule is CC(C)(C)OC(=O)[C@H](NS(=O)(=O)c1ccc(-c2ccc(C(F)(F)F)cc2)s1)C1CCNCC1. The maximum absolute atomic E-state index is 13.1. The number of thiophene rings is 1. The number of carbonyl (C=O) groups excluding carboxylic acids is 1. The van der Waals surface area contributed by atoms with E-state index < -0.39 is 39.4 Å². The number of esters is 1. The van der Waals surface area contributed by atoms with Gasteiger partial charge in [-0.2, -0.15) is 17.9 Å². The van der Waals surface area contributed by atoms with Crippen LogP contribution >= 0.6 is 11.3 Å². The molecule has 33 heavy (non-hydrogen) atoms. The average molecular weight is 505 g/mol. The van der Waals surface area contributed by atoms with Crippen LogP contribution in [0.4, 0.5) is 13.2 Å². The van der Waals surface area contributed by atoms with Gasteiger partial charge in [0.1, 0.15) is 15.9 Å². The number of halogens is 3. The molecular formula is C22H27F3N2O4S2. The summed E-state index contributed by atoms with van der Waals surface area (Å²) in [5, 5.41) is 3.19. The molecule has 1 aliphatic rings. The van der Waals surface area contributed by atoms with Crippen LogP contribution in [0.3, 0.4) is 0 Å². The van der Waals surface area contributed by atoms with Crippen LogP contribution < -0.4 is 10.0 Å². The van der Waals surface area contributed by atoms with Gasteiger partial charge in [-0.05, 0) is 82.4 Å². The number of benzene rings is 1. The predicted octanol–water partition coefficient (Wildman–Crippen LogP) is 4.42. The minimum Gasteiger partial charge on any atom is -0.459 e.